The Hall–Kier alpha value is -1.12. The fourth-order valence-corrected chi connectivity index (χ4v) is 2.91. The fourth-order valence-electron chi connectivity index (χ4n) is 1.90. The van der Waals surface area contributed by atoms with Gasteiger partial charge in [-0.1, -0.05) is 23.8 Å². The van der Waals surface area contributed by atoms with E-state index in [1.54, 1.807) is 0 Å². The van der Waals surface area contributed by atoms with Gasteiger partial charge in [0.15, 0.2) is 0 Å². The van der Waals surface area contributed by atoms with Crippen LogP contribution < -0.4 is 5.32 Å². The van der Waals surface area contributed by atoms with Gasteiger partial charge in [0, 0.05) is 11.4 Å². The molecule has 1 aromatic carbocycles. The van der Waals surface area contributed by atoms with Crippen LogP contribution in [0, 0.1) is 13.8 Å². The Morgan fingerprint density at radius 2 is 2.00 bits per heavy atom. The summed E-state index contributed by atoms with van der Waals surface area (Å²) in [6, 6.07) is 8.92. The lowest BCUT2D eigenvalue weighted by Gasteiger charge is -2.04. The van der Waals surface area contributed by atoms with E-state index in [0.29, 0.717) is 0 Å². The lowest BCUT2D eigenvalue weighted by atomic mass is 10.0. The number of aryl methyl sites for hydroxylation is 2. The van der Waals surface area contributed by atoms with Gasteiger partial charge in [-0.3, -0.25) is 0 Å². The Balaban J connectivity index is 2.35. The summed E-state index contributed by atoms with van der Waals surface area (Å²) in [5.41, 5.74) is 5.41. The molecule has 1 heterocycles. The van der Waals surface area contributed by atoms with E-state index < -0.39 is 0 Å². The van der Waals surface area contributed by atoms with E-state index in [9.17, 15) is 0 Å². The molecule has 2 heteroatoms. The molecule has 0 saturated heterocycles. The van der Waals surface area contributed by atoms with E-state index in [0.717, 1.165) is 6.54 Å². The summed E-state index contributed by atoms with van der Waals surface area (Å²) >= 11 is 1.82. The average molecular weight is 231 g/mol. The van der Waals surface area contributed by atoms with Crippen molar-refractivity contribution in [1.29, 1.82) is 0 Å². The van der Waals surface area contributed by atoms with Crippen molar-refractivity contribution in [2.45, 2.75) is 20.4 Å². The highest BCUT2D eigenvalue weighted by molar-refractivity contribution is 7.13. The molecule has 0 unspecified atom stereocenters. The minimum atomic E-state index is 0.946. The monoisotopic (exact) mass is 231 g/mol. The number of hydrogen-bond donors (Lipinski definition) is 1. The maximum Gasteiger partial charge on any atom is 0.0348 e. The van der Waals surface area contributed by atoms with Gasteiger partial charge in [0.1, 0.15) is 0 Å². The van der Waals surface area contributed by atoms with Gasteiger partial charge in [0.25, 0.3) is 0 Å². The van der Waals surface area contributed by atoms with Crippen LogP contribution in [0.25, 0.3) is 10.4 Å². The molecule has 2 rings (SSSR count). The average Bonchev–Trinajstić information content (AvgIpc) is 2.67. The van der Waals surface area contributed by atoms with Crippen LogP contribution >= 0.6 is 11.3 Å². The standard InChI is InChI=1S/C14H17NS/c1-10-4-5-13(11(2)6-10)14-7-12(8-15-3)9-16-14/h4-7,9,15H,8H2,1-3H3. The van der Waals surface area contributed by atoms with E-state index >= 15 is 0 Å². The number of benzene rings is 1. The molecule has 84 valence electrons. The first-order valence-electron chi connectivity index (χ1n) is 5.50. The molecule has 1 N–H and O–H groups in total. The fraction of sp³-hybridized carbons (Fsp3) is 0.286. The summed E-state index contributed by atoms with van der Waals surface area (Å²) in [4.78, 5) is 1.36. The van der Waals surface area contributed by atoms with Crippen molar-refractivity contribution < 1.29 is 0 Å². The second-order valence-electron chi connectivity index (χ2n) is 4.17. The second-order valence-corrected chi connectivity index (χ2v) is 5.08. The minimum absolute atomic E-state index is 0.946. The zero-order chi connectivity index (χ0) is 11.5. The number of hydrogen-bond acceptors (Lipinski definition) is 2. The number of nitrogens with one attached hydrogen (secondary N) is 1. The van der Waals surface area contributed by atoms with Gasteiger partial charge < -0.3 is 5.32 Å². The van der Waals surface area contributed by atoms with Crippen molar-refractivity contribution in [3.05, 3.63) is 46.3 Å². The van der Waals surface area contributed by atoms with Crippen LogP contribution in [0.2, 0.25) is 0 Å². The molecule has 0 saturated carbocycles. The Morgan fingerprint density at radius 1 is 1.19 bits per heavy atom. The van der Waals surface area contributed by atoms with Crippen molar-refractivity contribution in [3.8, 4) is 10.4 Å². The topological polar surface area (TPSA) is 12.0 Å². The highest BCUT2D eigenvalue weighted by Crippen LogP contribution is 2.30. The highest BCUT2D eigenvalue weighted by atomic mass is 32.1. The molecule has 1 aromatic heterocycles. The molecule has 0 radical (unpaired) electrons. The molecule has 0 amide bonds. The smallest absolute Gasteiger partial charge is 0.0348 e. The van der Waals surface area contributed by atoms with E-state index in [1.807, 2.05) is 18.4 Å². The van der Waals surface area contributed by atoms with Gasteiger partial charge in [-0.15, -0.1) is 11.3 Å². The molecule has 0 atom stereocenters. The molecule has 0 spiro atoms. The summed E-state index contributed by atoms with van der Waals surface area (Å²) in [5, 5.41) is 5.41. The van der Waals surface area contributed by atoms with E-state index in [-0.39, 0.29) is 0 Å². The van der Waals surface area contributed by atoms with Gasteiger partial charge in [-0.05, 0) is 49.0 Å². The maximum absolute atomic E-state index is 3.18. The van der Waals surface area contributed by atoms with Gasteiger partial charge >= 0.3 is 0 Å². The highest BCUT2D eigenvalue weighted by Gasteiger charge is 2.05. The first-order valence-corrected chi connectivity index (χ1v) is 6.38. The van der Waals surface area contributed by atoms with Crippen molar-refractivity contribution in [2.24, 2.45) is 0 Å². The Kier molecular flexibility index (Phi) is 3.42. The normalized spacial score (nSPS) is 10.7. The number of rotatable bonds is 3. The molecule has 0 aliphatic rings. The van der Waals surface area contributed by atoms with Crippen LogP contribution in [-0.4, -0.2) is 7.05 Å². The molecular formula is C14H17NS. The van der Waals surface area contributed by atoms with Gasteiger partial charge in [0.05, 0.1) is 0 Å². The Bertz CT molecular complexity index is 485. The van der Waals surface area contributed by atoms with Crippen molar-refractivity contribution >= 4 is 11.3 Å². The predicted octanol–water partition coefficient (Wildman–Crippen LogP) is 3.75. The first kappa shape index (κ1) is 11.4. The van der Waals surface area contributed by atoms with Crippen molar-refractivity contribution in [2.75, 3.05) is 7.05 Å². The lowest BCUT2D eigenvalue weighted by molar-refractivity contribution is 0.821. The van der Waals surface area contributed by atoms with Crippen LogP contribution in [0.15, 0.2) is 29.6 Å². The van der Waals surface area contributed by atoms with Crippen molar-refractivity contribution in [1.82, 2.24) is 5.32 Å². The minimum Gasteiger partial charge on any atom is -0.316 e. The van der Waals surface area contributed by atoms with Gasteiger partial charge in [-0.25, -0.2) is 0 Å². The Labute approximate surface area is 101 Å². The Morgan fingerprint density at radius 3 is 2.69 bits per heavy atom. The maximum atomic E-state index is 3.18. The molecule has 0 aliphatic heterocycles. The lowest BCUT2D eigenvalue weighted by Crippen LogP contribution is -2.03. The van der Waals surface area contributed by atoms with Gasteiger partial charge in [-0.2, -0.15) is 0 Å². The summed E-state index contributed by atoms with van der Waals surface area (Å²) in [6.45, 7) is 5.26. The van der Waals surface area contributed by atoms with Crippen LogP contribution in [0.5, 0.6) is 0 Å². The van der Waals surface area contributed by atoms with Crippen LogP contribution in [0.1, 0.15) is 16.7 Å². The molecule has 16 heavy (non-hydrogen) atoms. The summed E-state index contributed by atoms with van der Waals surface area (Å²) < 4.78 is 0. The largest absolute Gasteiger partial charge is 0.316 e. The molecule has 2 aromatic rings. The predicted molar refractivity (Wildman–Crippen MR) is 72.0 cm³/mol. The molecule has 0 bridgehead atoms. The molecule has 0 fully saturated rings. The third-order valence-electron chi connectivity index (χ3n) is 2.68. The SMILES string of the molecule is CNCc1csc(-c2ccc(C)cc2C)c1. The molecule has 0 aliphatic carbocycles. The third kappa shape index (κ3) is 2.34. The first-order chi connectivity index (χ1) is 7.70. The van der Waals surface area contributed by atoms with E-state index in [2.05, 4.69) is 48.8 Å². The molecule has 1 nitrogen and oxygen atoms in total. The second kappa shape index (κ2) is 4.81. The van der Waals surface area contributed by atoms with Crippen LogP contribution in [0.4, 0.5) is 0 Å². The summed E-state index contributed by atoms with van der Waals surface area (Å²) in [7, 11) is 1.98. The quantitative estimate of drug-likeness (QED) is 0.848. The van der Waals surface area contributed by atoms with Crippen LogP contribution in [0.3, 0.4) is 0 Å². The van der Waals surface area contributed by atoms with Crippen molar-refractivity contribution in [3.63, 3.8) is 0 Å². The zero-order valence-electron chi connectivity index (χ0n) is 10.0. The van der Waals surface area contributed by atoms with E-state index in [4.69, 9.17) is 0 Å². The van der Waals surface area contributed by atoms with E-state index in [1.165, 1.54) is 27.1 Å². The third-order valence-corrected chi connectivity index (χ3v) is 3.69. The van der Waals surface area contributed by atoms with Crippen LogP contribution in [-0.2, 0) is 6.54 Å². The number of thiophene rings is 1. The summed E-state index contributed by atoms with van der Waals surface area (Å²) in [5.74, 6) is 0. The summed E-state index contributed by atoms with van der Waals surface area (Å²) in [6.07, 6.45) is 0. The zero-order valence-corrected chi connectivity index (χ0v) is 10.8. The molecular weight excluding hydrogens is 214 g/mol. The van der Waals surface area contributed by atoms with Gasteiger partial charge in [0.2, 0.25) is 0 Å².